The monoisotopic (exact) mass is 110 g/mol. The molecule has 0 N–H and O–H groups in total. The molecule has 0 atom stereocenters. The Morgan fingerprint density at radius 3 is 1.50 bits per heavy atom. The van der Waals surface area contributed by atoms with Gasteiger partial charge >= 0.3 is 0 Å². The third kappa shape index (κ3) is 3.34. The Bertz CT molecular complexity index is 80.6. The van der Waals surface area contributed by atoms with E-state index in [9.17, 15) is 0 Å². The summed E-state index contributed by atoms with van der Waals surface area (Å²) < 4.78 is 0. The second kappa shape index (κ2) is 6.15. The van der Waals surface area contributed by atoms with E-state index in [1.54, 1.807) is 0 Å². The molecule has 1 aliphatic carbocycles. The number of hydrogen-bond donors (Lipinski definition) is 0. The zero-order chi connectivity index (χ0) is 6.24. The van der Waals surface area contributed by atoms with E-state index >= 15 is 0 Å². The Morgan fingerprint density at radius 2 is 1.38 bits per heavy atom. The molecule has 0 aromatic carbocycles. The van der Waals surface area contributed by atoms with Crippen molar-refractivity contribution in [3.05, 3.63) is 24.3 Å². The van der Waals surface area contributed by atoms with Crippen LogP contribution in [0.1, 0.15) is 12.8 Å². The molecule has 44 valence electrons. The number of carbonyl (C=O) groups excluding carboxylic acids is 1. The molecule has 0 saturated heterocycles. The molecular weight excluding hydrogens is 100 g/mol. The van der Waals surface area contributed by atoms with Crippen LogP contribution in [0.3, 0.4) is 0 Å². The van der Waals surface area contributed by atoms with Gasteiger partial charge in [0.25, 0.3) is 0 Å². The van der Waals surface area contributed by atoms with Crippen LogP contribution in [-0.2, 0) is 4.79 Å². The van der Waals surface area contributed by atoms with Crippen LogP contribution >= 0.6 is 0 Å². The zero-order valence-corrected chi connectivity index (χ0v) is 4.84. The van der Waals surface area contributed by atoms with Gasteiger partial charge in [-0.15, -0.1) is 0 Å². The number of carbonyl (C=O) groups is 1. The minimum Gasteiger partial charge on any atom is -0.307 e. The lowest BCUT2D eigenvalue weighted by Gasteiger charge is -1.88. The lowest BCUT2D eigenvalue weighted by molar-refractivity contribution is -0.0979. The second-order valence-electron chi connectivity index (χ2n) is 1.43. The van der Waals surface area contributed by atoms with E-state index in [0.29, 0.717) is 0 Å². The van der Waals surface area contributed by atoms with E-state index in [0.717, 1.165) is 0 Å². The second-order valence-corrected chi connectivity index (χ2v) is 1.43. The van der Waals surface area contributed by atoms with Crippen LogP contribution in [0.4, 0.5) is 0 Å². The highest BCUT2D eigenvalue weighted by Crippen LogP contribution is 1.98. The fourth-order valence-corrected chi connectivity index (χ4v) is 0.542. The van der Waals surface area contributed by atoms with E-state index < -0.39 is 0 Å². The third-order valence-corrected chi connectivity index (χ3v) is 0.883. The van der Waals surface area contributed by atoms with Crippen molar-refractivity contribution in [2.24, 2.45) is 0 Å². The van der Waals surface area contributed by atoms with Crippen molar-refractivity contribution in [2.75, 3.05) is 0 Å². The summed E-state index contributed by atoms with van der Waals surface area (Å²) in [6.07, 6.45) is 11.0. The van der Waals surface area contributed by atoms with Crippen LogP contribution in [0.2, 0.25) is 0 Å². The SMILES string of the molecule is C1=CCCC=C1.C=O. The predicted molar refractivity (Wildman–Crippen MR) is 34.6 cm³/mol. The zero-order valence-electron chi connectivity index (χ0n) is 4.84. The average molecular weight is 110 g/mol. The summed E-state index contributed by atoms with van der Waals surface area (Å²) in [6, 6.07) is 0. The van der Waals surface area contributed by atoms with Crippen LogP contribution in [0.15, 0.2) is 24.3 Å². The molecule has 0 heterocycles. The summed E-state index contributed by atoms with van der Waals surface area (Å²) >= 11 is 0. The summed E-state index contributed by atoms with van der Waals surface area (Å²) in [6.45, 7) is 2.00. The predicted octanol–water partition coefficient (Wildman–Crippen LogP) is 1.71. The first kappa shape index (κ1) is 7.15. The van der Waals surface area contributed by atoms with Gasteiger partial charge in [0.1, 0.15) is 6.79 Å². The van der Waals surface area contributed by atoms with Gasteiger partial charge < -0.3 is 4.79 Å². The molecule has 8 heavy (non-hydrogen) atoms. The van der Waals surface area contributed by atoms with Crippen molar-refractivity contribution in [1.82, 2.24) is 0 Å². The van der Waals surface area contributed by atoms with E-state index in [1.165, 1.54) is 12.8 Å². The molecule has 0 radical (unpaired) electrons. The molecule has 0 spiro atoms. The molecule has 1 nitrogen and oxygen atoms in total. The maximum Gasteiger partial charge on any atom is 0.106 e. The highest BCUT2D eigenvalue weighted by molar-refractivity contribution is 5.11. The number of hydrogen-bond acceptors (Lipinski definition) is 1. The topological polar surface area (TPSA) is 17.1 Å². The van der Waals surface area contributed by atoms with Crippen LogP contribution in [-0.4, -0.2) is 6.79 Å². The van der Waals surface area contributed by atoms with Gasteiger partial charge in [-0.05, 0) is 12.8 Å². The summed E-state index contributed by atoms with van der Waals surface area (Å²) in [5.74, 6) is 0. The molecule has 0 saturated carbocycles. The first-order valence-corrected chi connectivity index (χ1v) is 2.61. The van der Waals surface area contributed by atoms with E-state index in [-0.39, 0.29) is 0 Å². The van der Waals surface area contributed by atoms with Crippen molar-refractivity contribution in [3.63, 3.8) is 0 Å². The van der Waals surface area contributed by atoms with Crippen molar-refractivity contribution < 1.29 is 4.79 Å². The first-order chi connectivity index (χ1) is 4.00. The van der Waals surface area contributed by atoms with E-state index in [4.69, 9.17) is 4.79 Å². The summed E-state index contributed by atoms with van der Waals surface area (Å²) in [4.78, 5) is 8.00. The summed E-state index contributed by atoms with van der Waals surface area (Å²) in [7, 11) is 0. The average Bonchev–Trinajstić information content (AvgIpc) is 1.96. The van der Waals surface area contributed by atoms with Crippen LogP contribution in [0, 0.1) is 0 Å². The van der Waals surface area contributed by atoms with Crippen molar-refractivity contribution >= 4 is 6.79 Å². The molecule has 0 aromatic heterocycles. The van der Waals surface area contributed by atoms with Gasteiger partial charge in [-0.1, -0.05) is 24.3 Å². The third-order valence-electron chi connectivity index (χ3n) is 0.883. The van der Waals surface area contributed by atoms with Crippen molar-refractivity contribution in [1.29, 1.82) is 0 Å². The van der Waals surface area contributed by atoms with Gasteiger partial charge in [-0.25, -0.2) is 0 Å². The Labute approximate surface area is 49.7 Å². The fraction of sp³-hybridized carbons (Fsp3) is 0.286. The molecule has 0 amide bonds. The quantitative estimate of drug-likeness (QED) is 0.464. The minimum atomic E-state index is 1.23. The summed E-state index contributed by atoms with van der Waals surface area (Å²) in [5.41, 5.74) is 0. The highest BCUT2D eigenvalue weighted by atomic mass is 16.1. The van der Waals surface area contributed by atoms with Crippen LogP contribution in [0.25, 0.3) is 0 Å². The fourth-order valence-electron chi connectivity index (χ4n) is 0.542. The van der Waals surface area contributed by atoms with Gasteiger partial charge in [0.15, 0.2) is 0 Å². The molecule has 0 unspecified atom stereocenters. The molecule has 0 aliphatic heterocycles. The Balaban J connectivity index is 0.000000222. The Hall–Kier alpha value is -0.850. The summed E-state index contributed by atoms with van der Waals surface area (Å²) in [5, 5.41) is 0. The Kier molecular flexibility index (Phi) is 5.50. The lowest BCUT2D eigenvalue weighted by Crippen LogP contribution is -1.67. The maximum atomic E-state index is 8.00. The number of rotatable bonds is 0. The molecule has 0 bridgehead atoms. The van der Waals surface area contributed by atoms with Crippen LogP contribution in [0.5, 0.6) is 0 Å². The standard InChI is InChI=1S/C6H8.CH2O/c1-2-4-6-5-3-1;1-2/h1-4H,5-6H2;1H2. The largest absolute Gasteiger partial charge is 0.307 e. The van der Waals surface area contributed by atoms with Crippen molar-refractivity contribution in [2.45, 2.75) is 12.8 Å². The molecular formula is C7H10O. The maximum absolute atomic E-state index is 8.00. The van der Waals surface area contributed by atoms with Gasteiger partial charge in [0.2, 0.25) is 0 Å². The Morgan fingerprint density at radius 1 is 1.00 bits per heavy atom. The molecule has 0 aromatic rings. The van der Waals surface area contributed by atoms with E-state index in [1.807, 2.05) is 6.79 Å². The highest BCUT2D eigenvalue weighted by Gasteiger charge is 1.77. The lowest BCUT2D eigenvalue weighted by atomic mass is 10.2. The van der Waals surface area contributed by atoms with Gasteiger partial charge in [-0.2, -0.15) is 0 Å². The molecule has 0 fully saturated rings. The van der Waals surface area contributed by atoms with Gasteiger partial charge in [-0.3, -0.25) is 0 Å². The number of allylic oxidation sites excluding steroid dienone is 4. The van der Waals surface area contributed by atoms with Crippen molar-refractivity contribution in [3.8, 4) is 0 Å². The molecule has 1 rings (SSSR count). The molecule has 1 aliphatic rings. The first-order valence-electron chi connectivity index (χ1n) is 2.61. The smallest absolute Gasteiger partial charge is 0.106 e. The van der Waals surface area contributed by atoms with Gasteiger partial charge in [0, 0.05) is 0 Å². The van der Waals surface area contributed by atoms with Gasteiger partial charge in [0.05, 0.1) is 0 Å². The minimum absolute atomic E-state index is 1.23. The van der Waals surface area contributed by atoms with E-state index in [2.05, 4.69) is 24.3 Å². The van der Waals surface area contributed by atoms with Crippen LogP contribution < -0.4 is 0 Å². The molecule has 1 heteroatoms. The normalized spacial score (nSPS) is 14.5.